The molecule has 1 heterocycles. The minimum Gasteiger partial charge on any atom is -0.375 e. The molecule has 2 N–H and O–H groups in total. The predicted molar refractivity (Wildman–Crippen MR) is 48.8 cm³/mol. The van der Waals surface area contributed by atoms with E-state index in [2.05, 4.69) is 6.92 Å². The van der Waals surface area contributed by atoms with Gasteiger partial charge in [-0.25, -0.2) is 0 Å². The van der Waals surface area contributed by atoms with Crippen molar-refractivity contribution in [3.05, 3.63) is 0 Å². The Morgan fingerprint density at radius 2 is 2.25 bits per heavy atom. The summed E-state index contributed by atoms with van der Waals surface area (Å²) in [7, 11) is 0. The van der Waals surface area contributed by atoms with Crippen LogP contribution in [0.4, 0.5) is 0 Å². The summed E-state index contributed by atoms with van der Waals surface area (Å²) in [6, 6.07) is 0. The molecule has 0 aromatic carbocycles. The zero-order valence-corrected chi connectivity index (χ0v) is 7.83. The molecule has 1 saturated carbocycles. The Labute approximate surface area is 74.5 Å². The highest BCUT2D eigenvalue weighted by Crippen LogP contribution is 2.40. The van der Waals surface area contributed by atoms with Gasteiger partial charge in [-0.2, -0.15) is 0 Å². The third kappa shape index (κ3) is 1.38. The summed E-state index contributed by atoms with van der Waals surface area (Å²) in [6.07, 6.45) is 6.18. The molecule has 1 aliphatic carbocycles. The lowest BCUT2D eigenvalue weighted by Crippen LogP contribution is -2.33. The second-order valence-corrected chi connectivity index (χ2v) is 4.31. The molecule has 2 rings (SSSR count). The minimum atomic E-state index is 0.479. The SMILES string of the molecule is C[C@@H]1C[C@@H]2[C@@H](CN)CCC[C@@H]2O1. The summed E-state index contributed by atoms with van der Waals surface area (Å²) < 4.78 is 5.84. The van der Waals surface area contributed by atoms with Crippen LogP contribution in [0.5, 0.6) is 0 Å². The van der Waals surface area contributed by atoms with Crippen molar-refractivity contribution < 1.29 is 4.74 Å². The molecule has 0 radical (unpaired) electrons. The van der Waals surface area contributed by atoms with E-state index in [9.17, 15) is 0 Å². The maximum atomic E-state index is 5.84. The lowest BCUT2D eigenvalue weighted by Gasteiger charge is -2.31. The van der Waals surface area contributed by atoms with Gasteiger partial charge in [0.2, 0.25) is 0 Å². The number of hydrogen-bond donors (Lipinski definition) is 1. The normalized spacial score (nSPS) is 47.5. The second-order valence-electron chi connectivity index (χ2n) is 4.31. The van der Waals surface area contributed by atoms with Crippen LogP contribution in [0, 0.1) is 11.8 Å². The van der Waals surface area contributed by atoms with Crippen LogP contribution in [0.1, 0.15) is 32.6 Å². The molecule has 2 heteroatoms. The van der Waals surface area contributed by atoms with Crippen LogP contribution >= 0.6 is 0 Å². The van der Waals surface area contributed by atoms with Gasteiger partial charge in [0.05, 0.1) is 12.2 Å². The smallest absolute Gasteiger partial charge is 0.0611 e. The summed E-state index contributed by atoms with van der Waals surface area (Å²) in [4.78, 5) is 0. The van der Waals surface area contributed by atoms with Crippen molar-refractivity contribution >= 4 is 0 Å². The lowest BCUT2D eigenvalue weighted by molar-refractivity contribution is 0.0143. The van der Waals surface area contributed by atoms with Crippen LogP contribution in [0.2, 0.25) is 0 Å². The summed E-state index contributed by atoms with van der Waals surface area (Å²) in [5.74, 6) is 1.52. The van der Waals surface area contributed by atoms with Gasteiger partial charge in [0.1, 0.15) is 0 Å². The lowest BCUT2D eigenvalue weighted by atomic mass is 9.76. The van der Waals surface area contributed by atoms with Crippen LogP contribution < -0.4 is 5.73 Å². The molecule has 2 aliphatic rings. The fourth-order valence-corrected chi connectivity index (χ4v) is 2.86. The molecular formula is C10H19NO. The first kappa shape index (κ1) is 8.52. The Bertz CT molecular complexity index is 154. The molecule has 1 aliphatic heterocycles. The number of ether oxygens (including phenoxy) is 1. The van der Waals surface area contributed by atoms with Crippen molar-refractivity contribution in [1.82, 2.24) is 0 Å². The first-order valence-corrected chi connectivity index (χ1v) is 5.16. The third-order valence-electron chi connectivity index (χ3n) is 3.46. The van der Waals surface area contributed by atoms with Gasteiger partial charge < -0.3 is 10.5 Å². The minimum absolute atomic E-state index is 0.479. The van der Waals surface area contributed by atoms with Gasteiger partial charge in [0.25, 0.3) is 0 Å². The van der Waals surface area contributed by atoms with Crippen LogP contribution in [-0.2, 0) is 4.74 Å². The molecule has 70 valence electrons. The van der Waals surface area contributed by atoms with Crippen LogP contribution in [-0.4, -0.2) is 18.8 Å². The van der Waals surface area contributed by atoms with E-state index in [-0.39, 0.29) is 0 Å². The molecule has 0 aromatic heterocycles. The third-order valence-corrected chi connectivity index (χ3v) is 3.46. The molecule has 2 nitrogen and oxygen atoms in total. The molecule has 2 fully saturated rings. The molecule has 4 atom stereocenters. The fraction of sp³-hybridized carbons (Fsp3) is 1.00. The molecule has 0 amide bonds. The predicted octanol–water partition coefficient (Wildman–Crippen LogP) is 1.54. The first-order chi connectivity index (χ1) is 5.81. The van der Waals surface area contributed by atoms with E-state index in [1.54, 1.807) is 0 Å². The van der Waals surface area contributed by atoms with E-state index < -0.39 is 0 Å². The number of rotatable bonds is 1. The monoisotopic (exact) mass is 169 g/mol. The summed E-state index contributed by atoms with van der Waals surface area (Å²) in [5.41, 5.74) is 5.75. The quantitative estimate of drug-likeness (QED) is 0.646. The molecule has 0 spiro atoms. The Morgan fingerprint density at radius 3 is 3.00 bits per heavy atom. The average Bonchev–Trinajstić information content (AvgIpc) is 2.44. The average molecular weight is 169 g/mol. The van der Waals surface area contributed by atoms with Crippen LogP contribution in [0.15, 0.2) is 0 Å². The number of nitrogens with two attached hydrogens (primary N) is 1. The van der Waals surface area contributed by atoms with Crippen molar-refractivity contribution in [2.75, 3.05) is 6.54 Å². The van der Waals surface area contributed by atoms with Crippen molar-refractivity contribution in [2.24, 2.45) is 17.6 Å². The standard InChI is InChI=1S/C10H19NO/c1-7-5-9-8(6-11)3-2-4-10(9)12-7/h7-10H,2-6,11H2,1H3/t7-,8-,9-,10+/m1/s1. The van der Waals surface area contributed by atoms with Crippen molar-refractivity contribution in [1.29, 1.82) is 0 Å². The Kier molecular flexibility index (Phi) is 2.37. The summed E-state index contributed by atoms with van der Waals surface area (Å²) in [5, 5.41) is 0. The topological polar surface area (TPSA) is 35.2 Å². The maximum absolute atomic E-state index is 5.84. The Morgan fingerprint density at radius 1 is 1.42 bits per heavy atom. The van der Waals surface area contributed by atoms with E-state index in [0.29, 0.717) is 12.2 Å². The fourth-order valence-electron chi connectivity index (χ4n) is 2.86. The van der Waals surface area contributed by atoms with Gasteiger partial charge in [0, 0.05) is 0 Å². The van der Waals surface area contributed by atoms with E-state index in [1.807, 2.05) is 0 Å². The molecule has 0 bridgehead atoms. The zero-order chi connectivity index (χ0) is 8.55. The van der Waals surface area contributed by atoms with Crippen molar-refractivity contribution in [3.8, 4) is 0 Å². The number of hydrogen-bond acceptors (Lipinski definition) is 2. The van der Waals surface area contributed by atoms with Gasteiger partial charge in [-0.1, -0.05) is 6.42 Å². The van der Waals surface area contributed by atoms with E-state index in [0.717, 1.165) is 18.4 Å². The summed E-state index contributed by atoms with van der Waals surface area (Å²) in [6.45, 7) is 3.04. The molecular weight excluding hydrogens is 150 g/mol. The van der Waals surface area contributed by atoms with Gasteiger partial charge in [-0.3, -0.25) is 0 Å². The van der Waals surface area contributed by atoms with Crippen LogP contribution in [0.25, 0.3) is 0 Å². The second kappa shape index (κ2) is 3.35. The summed E-state index contributed by atoms with van der Waals surface area (Å²) >= 11 is 0. The van der Waals surface area contributed by atoms with Gasteiger partial charge in [-0.15, -0.1) is 0 Å². The van der Waals surface area contributed by atoms with E-state index in [1.165, 1.54) is 25.7 Å². The Balaban J connectivity index is 2.02. The van der Waals surface area contributed by atoms with Crippen LogP contribution in [0.3, 0.4) is 0 Å². The highest BCUT2D eigenvalue weighted by molar-refractivity contribution is 4.89. The molecule has 0 aromatic rings. The van der Waals surface area contributed by atoms with Gasteiger partial charge in [-0.05, 0) is 44.6 Å². The highest BCUT2D eigenvalue weighted by atomic mass is 16.5. The van der Waals surface area contributed by atoms with Gasteiger partial charge >= 0.3 is 0 Å². The molecule has 0 unspecified atom stereocenters. The Hall–Kier alpha value is -0.0800. The number of fused-ring (bicyclic) bond motifs is 1. The van der Waals surface area contributed by atoms with Crippen molar-refractivity contribution in [2.45, 2.75) is 44.8 Å². The van der Waals surface area contributed by atoms with E-state index >= 15 is 0 Å². The highest BCUT2D eigenvalue weighted by Gasteiger charge is 2.39. The van der Waals surface area contributed by atoms with Gasteiger partial charge in [0.15, 0.2) is 0 Å². The zero-order valence-electron chi connectivity index (χ0n) is 7.83. The molecule has 12 heavy (non-hydrogen) atoms. The van der Waals surface area contributed by atoms with E-state index in [4.69, 9.17) is 10.5 Å². The maximum Gasteiger partial charge on any atom is 0.0611 e. The first-order valence-electron chi connectivity index (χ1n) is 5.16. The van der Waals surface area contributed by atoms with Crippen molar-refractivity contribution in [3.63, 3.8) is 0 Å². The molecule has 1 saturated heterocycles. The largest absolute Gasteiger partial charge is 0.375 e.